The standard InChI is InChI=1S/C16H22N2O3/c1-18(14-10-9-12-6-2-3-7-13(12)14)16(19)17-21-15-8-4-5-11-20-15/h2-3,6-7,14-15H,4-5,8-11H2,1H3,(H,17,19)/t14-,15+/m1/s1. The van der Waals surface area contributed by atoms with Crippen LogP contribution >= 0.6 is 0 Å². The molecule has 114 valence electrons. The molecule has 2 atom stereocenters. The first kappa shape index (κ1) is 14.4. The minimum atomic E-state index is -0.313. The summed E-state index contributed by atoms with van der Waals surface area (Å²) in [4.78, 5) is 19.3. The van der Waals surface area contributed by atoms with E-state index in [1.165, 1.54) is 11.1 Å². The third-order valence-corrected chi connectivity index (χ3v) is 4.30. The third-order valence-electron chi connectivity index (χ3n) is 4.30. The van der Waals surface area contributed by atoms with Crippen LogP contribution in [0.15, 0.2) is 24.3 Å². The highest BCUT2D eigenvalue weighted by atomic mass is 16.8. The van der Waals surface area contributed by atoms with Crippen molar-refractivity contribution in [3.05, 3.63) is 35.4 Å². The zero-order valence-electron chi connectivity index (χ0n) is 12.4. The van der Waals surface area contributed by atoms with Crippen molar-refractivity contribution in [1.29, 1.82) is 0 Å². The summed E-state index contributed by atoms with van der Waals surface area (Å²) in [6, 6.07) is 8.21. The number of urea groups is 1. The lowest BCUT2D eigenvalue weighted by Crippen LogP contribution is -2.41. The van der Waals surface area contributed by atoms with Crippen molar-refractivity contribution in [2.24, 2.45) is 0 Å². The maximum atomic E-state index is 12.2. The Hall–Kier alpha value is -1.59. The Bertz CT molecular complexity index is 500. The molecule has 5 heteroatoms. The van der Waals surface area contributed by atoms with Crippen LogP contribution in [-0.2, 0) is 16.0 Å². The maximum Gasteiger partial charge on any atom is 0.341 e. The Morgan fingerprint density at radius 2 is 2.19 bits per heavy atom. The van der Waals surface area contributed by atoms with E-state index in [1.807, 2.05) is 19.2 Å². The van der Waals surface area contributed by atoms with Crippen LogP contribution in [-0.4, -0.2) is 30.9 Å². The van der Waals surface area contributed by atoms with Gasteiger partial charge in [0, 0.05) is 20.1 Å². The van der Waals surface area contributed by atoms with Gasteiger partial charge in [0.2, 0.25) is 0 Å². The fourth-order valence-electron chi connectivity index (χ4n) is 3.07. The monoisotopic (exact) mass is 290 g/mol. The molecule has 1 aliphatic carbocycles. The van der Waals surface area contributed by atoms with E-state index < -0.39 is 0 Å². The zero-order chi connectivity index (χ0) is 14.7. The molecule has 1 fully saturated rings. The number of carbonyl (C=O) groups excluding carboxylic acids is 1. The van der Waals surface area contributed by atoms with Gasteiger partial charge in [0.25, 0.3) is 0 Å². The molecule has 0 radical (unpaired) electrons. The summed E-state index contributed by atoms with van der Waals surface area (Å²) in [5, 5.41) is 0. The summed E-state index contributed by atoms with van der Waals surface area (Å²) in [5.74, 6) is 0. The molecule has 0 saturated carbocycles. The van der Waals surface area contributed by atoms with Gasteiger partial charge >= 0.3 is 6.03 Å². The molecule has 1 N–H and O–H groups in total. The van der Waals surface area contributed by atoms with E-state index in [1.54, 1.807) is 4.90 Å². The van der Waals surface area contributed by atoms with Crippen molar-refractivity contribution in [3.8, 4) is 0 Å². The van der Waals surface area contributed by atoms with Crippen LogP contribution in [0.4, 0.5) is 4.79 Å². The number of ether oxygens (including phenoxy) is 1. The largest absolute Gasteiger partial charge is 0.350 e. The van der Waals surface area contributed by atoms with Gasteiger partial charge in [-0.2, -0.15) is 0 Å². The molecular formula is C16H22N2O3. The molecule has 0 aromatic heterocycles. The summed E-state index contributed by atoms with van der Waals surface area (Å²) in [6.07, 6.45) is 4.63. The molecule has 0 unspecified atom stereocenters. The van der Waals surface area contributed by atoms with Crippen molar-refractivity contribution in [1.82, 2.24) is 10.4 Å². The Kier molecular flexibility index (Phi) is 4.41. The van der Waals surface area contributed by atoms with Gasteiger partial charge in [-0.15, -0.1) is 0 Å². The van der Waals surface area contributed by atoms with Gasteiger partial charge in [-0.3, -0.25) is 0 Å². The smallest absolute Gasteiger partial charge is 0.341 e. The summed E-state index contributed by atoms with van der Waals surface area (Å²) in [6.45, 7) is 0.701. The lowest BCUT2D eigenvalue weighted by atomic mass is 10.1. The number of amides is 2. The Labute approximate surface area is 125 Å². The number of fused-ring (bicyclic) bond motifs is 1. The maximum absolute atomic E-state index is 12.2. The van der Waals surface area contributed by atoms with E-state index in [0.717, 1.165) is 32.1 Å². The van der Waals surface area contributed by atoms with Gasteiger partial charge in [-0.1, -0.05) is 24.3 Å². The number of hydrogen-bond acceptors (Lipinski definition) is 3. The zero-order valence-corrected chi connectivity index (χ0v) is 12.4. The van der Waals surface area contributed by atoms with Crippen LogP contribution in [0.5, 0.6) is 0 Å². The number of carbonyl (C=O) groups is 1. The van der Waals surface area contributed by atoms with Crippen LogP contribution < -0.4 is 5.48 Å². The van der Waals surface area contributed by atoms with E-state index in [2.05, 4.69) is 17.6 Å². The molecule has 1 heterocycles. The highest BCUT2D eigenvalue weighted by Crippen LogP contribution is 2.34. The van der Waals surface area contributed by atoms with Crippen molar-refractivity contribution in [2.45, 2.75) is 44.4 Å². The Morgan fingerprint density at radius 3 is 3.00 bits per heavy atom. The lowest BCUT2D eigenvalue weighted by molar-refractivity contribution is -0.187. The number of nitrogens with one attached hydrogen (secondary N) is 1. The van der Waals surface area contributed by atoms with Crippen molar-refractivity contribution in [3.63, 3.8) is 0 Å². The number of hydroxylamine groups is 1. The van der Waals surface area contributed by atoms with Crippen molar-refractivity contribution < 1.29 is 14.4 Å². The van der Waals surface area contributed by atoms with Gasteiger partial charge in [-0.25, -0.2) is 15.1 Å². The first-order valence-corrected chi connectivity index (χ1v) is 7.63. The summed E-state index contributed by atoms with van der Waals surface area (Å²) >= 11 is 0. The topological polar surface area (TPSA) is 50.8 Å². The van der Waals surface area contributed by atoms with Gasteiger partial charge in [0.05, 0.1) is 6.04 Å². The molecular weight excluding hydrogens is 268 g/mol. The highest BCUT2D eigenvalue weighted by molar-refractivity contribution is 5.73. The third kappa shape index (κ3) is 3.19. The molecule has 0 bridgehead atoms. The molecule has 1 saturated heterocycles. The van der Waals surface area contributed by atoms with Gasteiger partial charge in [0.1, 0.15) is 0 Å². The molecule has 3 rings (SSSR count). The quantitative estimate of drug-likeness (QED) is 0.871. The number of rotatable bonds is 3. The van der Waals surface area contributed by atoms with E-state index in [0.29, 0.717) is 6.61 Å². The summed E-state index contributed by atoms with van der Waals surface area (Å²) in [5.41, 5.74) is 5.09. The molecule has 1 aliphatic heterocycles. The van der Waals surface area contributed by atoms with Gasteiger partial charge < -0.3 is 9.64 Å². The summed E-state index contributed by atoms with van der Waals surface area (Å²) in [7, 11) is 1.81. The van der Waals surface area contributed by atoms with E-state index in [-0.39, 0.29) is 18.4 Å². The first-order valence-electron chi connectivity index (χ1n) is 7.63. The molecule has 1 aromatic rings. The van der Waals surface area contributed by atoms with E-state index in [9.17, 15) is 4.79 Å². The van der Waals surface area contributed by atoms with Crippen molar-refractivity contribution >= 4 is 6.03 Å². The van der Waals surface area contributed by atoms with Crippen molar-refractivity contribution in [2.75, 3.05) is 13.7 Å². The lowest BCUT2D eigenvalue weighted by Gasteiger charge is -2.27. The predicted octanol–water partition coefficient (Wildman–Crippen LogP) is 2.77. The molecule has 5 nitrogen and oxygen atoms in total. The fourth-order valence-corrected chi connectivity index (χ4v) is 3.07. The minimum absolute atomic E-state index is 0.122. The number of nitrogens with zero attached hydrogens (tertiary/aromatic N) is 1. The van der Waals surface area contributed by atoms with E-state index in [4.69, 9.17) is 9.57 Å². The average molecular weight is 290 g/mol. The van der Waals surface area contributed by atoms with Crippen LogP contribution in [0.1, 0.15) is 42.9 Å². The van der Waals surface area contributed by atoms with Crippen LogP contribution in [0.3, 0.4) is 0 Å². The van der Waals surface area contributed by atoms with Gasteiger partial charge in [-0.05, 0) is 36.8 Å². The second-order valence-corrected chi connectivity index (χ2v) is 5.69. The molecule has 2 aliphatic rings. The van der Waals surface area contributed by atoms with Crippen LogP contribution in [0, 0.1) is 0 Å². The fraction of sp³-hybridized carbons (Fsp3) is 0.562. The second kappa shape index (κ2) is 6.45. The highest BCUT2D eigenvalue weighted by Gasteiger charge is 2.28. The van der Waals surface area contributed by atoms with Gasteiger partial charge in [0.15, 0.2) is 6.29 Å². The Balaban J connectivity index is 1.55. The number of aryl methyl sites for hydroxylation is 1. The molecule has 1 aromatic carbocycles. The normalized spacial score (nSPS) is 24.4. The number of hydrogen-bond donors (Lipinski definition) is 1. The van der Waals surface area contributed by atoms with Crippen LogP contribution in [0.2, 0.25) is 0 Å². The second-order valence-electron chi connectivity index (χ2n) is 5.69. The molecule has 21 heavy (non-hydrogen) atoms. The van der Waals surface area contributed by atoms with Crippen LogP contribution in [0.25, 0.3) is 0 Å². The molecule has 0 spiro atoms. The first-order chi connectivity index (χ1) is 10.3. The average Bonchev–Trinajstić information content (AvgIpc) is 2.97. The van der Waals surface area contributed by atoms with E-state index >= 15 is 0 Å². The summed E-state index contributed by atoms with van der Waals surface area (Å²) < 4.78 is 5.43. The Morgan fingerprint density at radius 1 is 1.33 bits per heavy atom. The SMILES string of the molecule is CN(C(=O)NO[C@H]1CCCCO1)[C@@H]1CCc2ccccc21. The minimum Gasteiger partial charge on any atom is -0.350 e. The molecule has 2 amide bonds. The predicted molar refractivity (Wildman–Crippen MR) is 78.5 cm³/mol. The number of benzene rings is 1.